The molecular formula is C16H19Cl2NO5. The third-order valence-electron chi connectivity index (χ3n) is 3.29. The van der Waals surface area contributed by atoms with Crippen LogP contribution in [-0.2, 0) is 4.79 Å². The fourth-order valence-corrected chi connectivity index (χ4v) is 2.41. The highest BCUT2D eigenvalue weighted by Crippen LogP contribution is 2.36. The summed E-state index contributed by atoms with van der Waals surface area (Å²) >= 11 is 12.3. The maximum Gasteiger partial charge on any atom is 0.303 e. The van der Waals surface area contributed by atoms with E-state index in [0.717, 1.165) is 6.42 Å². The lowest BCUT2D eigenvalue weighted by Crippen LogP contribution is -2.00. The van der Waals surface area contributed by atoms with Crippen LogP contribution in [0.3, 0.4) is 0 Å². The molecule has 0 amide bonds. The second-order valence-electron chi connectivity index (χ2n) is 5.08. The smallest absolute Gasteiger partial charge is 0.303 e. The summed E-state index contributed by atoms with van der Waals surface area (Å²) in [5.74, 6) is -0.410. The van der Waals surface area contributed by atoms with Crippen molar-refractivity contribution in [3.8, 4) is 5.75 Å². The first kappa shape index (κ1) is 20.3. The lowest BCUT2D eigenvalue weighted by atomic mass is 10.1. The number of benzene rings is 1. The average molecular weight is 376 g/mol. The van der Waals surface area contributed by atoms with Crippen molar-refractivity contribution >= 4 is 35.2 Å². The predicted molar refractivity (Wildman–Crippen MR) is 93.3 cm³/mol. The third-order valence-corrected chi connectivity index (χ3v) is 4.17. The Morgan fingerprint density at radius 1 is 1.29 bits per heavy atom. The summed E-state index contributed by atoms with van der Waals surface area (Å²) in [6.07, 6.45) is 3.84. The summed E-state index contributed by atoms with van der Waals surface area (Å²) in [5, 5.41) is 19.8. The van der Waals surface area contributed by atoms with E-state index in [9.17, 15) is 14.9 Å². The van der Waals surface area contributed by atoms with Crippen LogP contribution in [0, 0.1) is 10.1 Å². The molecule has 8 heteroatoms. The fourth-order valence-electron chi connectivity index (χ4n) is 1.97. The SMILES string of the molecule is CC/C(=C/c1ccc(OCCCCCC(=O)O)c(Cl)c1Cl)[N+](=O)[O-]. The monoisotopic (exact) mass is 375 g/mol. The predicted octanol–water partition coefficient (Wildman–Crippen LogP) is 5.04. The van der Waals surface area contributed by atoms with E-state index in [0.29, 0.717) is 30.8 Å². The van der Waals surface area contributed by atoms with Crippen molar-refractivity contribution in [1.82, 2.24) is 0 Å². The van der Waals surface area contributed by atoms with Gasteiger partial charge in [-0.1, -0.05) is 30.1 Å². The Balaban J connectivity index is 2.68. The zero-order chi connectivity index (χ0) is 18.1. The number of rotatable bonds is 10. The molecule has 1 rings (SSSR count). The average Bonchev–Trinajstić information content (AvgIpc) is 2.53. The fraction of sp³-hybridized carbons (Fsp3) is 0.438. The number of nitrogens with zero attached hydrogens (tertiary/aromatic N) is 1. The first-order chi connectivity index (χ1) is 11.4. The number of hydrogen-bond acceptors (Lipinski definition) is 4. The highest BCUT2D eigenvalue weighted by atomic mass is 35.5. The molecule has 0 aliphatic heterocycles. The summed E-state index contributed by atoms with van der Waals surface area (Å²) in [6, 6.07) is 3.23. The Bertz CT molecular complexity index is 631. The molecular weight excluding hydrogens is 357 g/mol. The molecule has 1 aromatic rings. The van der Waals surface area contributed by atoms with Gasteiger partial charge < -0.3 is 9.84 Å². The van der Waals surface area contributed by atoms with Gasteiger partial charge in [-0.3, -0.25) is 14.9 Å². The van der Waals surface area contributed by atoms with Crippen LogP contribution in [0.25, 0.3) is 6.08 Å². The molecule has 1 N–H and O–H groups in total. The van der Waals surface area contributed by atoms with E-state index in [1.807, 2.05) is 0 Å². The number of carboxylic acids is 1. The van der Waals surface area contributed by atoms with Crippen LogP contribution >= 0.6 is 23.2 Å². The van der Waals surface area contributed by atoms with E-state index in [1.165, 1.54) is 6.08 Å². The third kappa shape index (κ3) is 6.37. The van der Waals surface area contributed by atoms with Crippen molar-refractivity contribution in [2.24, 2.45) is 0 Å². The Morgan fingerprint density at radius 3 is 2.58 bits per heavy atom. The Hall–Kier alpha value is -1.79. The van der Waals surface area contributed by atoms with Crippen LogP contribution in [0.5, 0.6) is 5.75 Å². The second-order valence-corrected chi connectivity index (χ2v) is 5.84. The second kappa shape index (κ2) is 10.2. The van der Waals surface area contributed by atoms with E-state index >= 15 is 0 Å². The normalized spacial score (nSPS) is 11.4. The summed E-state index contributed by atoms with van der Waals surface area (Å²) < 4.78 is 5.54. The first-order valence-corrected chi connectivity index (χ1v) is 8.30. The quantitative estimate of drug-likeness (QED) is 0.351. The summed E-state index contributed by atoms with van der Waals surface area (Å²) in [7, 11) is 0. The Labute approximate surface area is 150 Å². The molecule has 0 aliphatic carbocycles. The van der Waals surface area contributed by atoms with Gasteiger partial charge in [0.25, 0.3) is 0 Å². The van der Waals surface area contributed by atoms with E-state index < -0.39 is 10.9 Å². The minimum Gasteiger partial charge on any atom is -0.492 e. The van der Waals surface area contributed by atoms with Gasteiger partial charge in [0.2, 0.25) is 5.70 Å². The molecule has 6 nitrogen and oxygen atoms in total. The van der Waals surface area contributed by atoms with Crippen molar-refractivity contribution in [3.63, 3.8) is 0 Å². The molecule has 0 bridgehead atoms. The molecule has 24 heavy (non-hydrogen) atoms. The minimum absolute atomic E-state index is 0.0417. The lowest BCUT2D eigenvalue weighted by Gasteiger charge is -2.10. The Kier molecular flexibility index (Phi) is 8.57. The van der Waals surface area contributed by atoms with Crippen molar-refractivity contribution in [1.29, 1.82) is 0 Å². The van der Waals surface area contributed by atoms with E-state index in [4.69, 9.17) is 33.0 Å². The van der Waals surface area contributed by atoms with Crippen molar-refractivity contribution in [2.45, 2.75) is 39.0 Å². The summed E-state index contributed by atoms with van der Waals surface area (Å²) in [4.78, 5) is 20.8. The van der Waals surface area contributed by atoms with Crippen LogP contribution in [0.15, 0.2) is 17.8 Å². The number of hydrogen-bond donors (Lipinski definition) is 1. The molecule has 0 aromatic heterocycles. The number of nitro groups is 1. The lowest BCUT2D eigenvalue weighted by molar-refractivity contribution is -0.425. The molecule has 0 fully saturated rings. The van der Waals surface area contributed by atoms with Gasteiger partial charge in [-0.15, -0.1) is 0 Å². The largest absolute Gasteiger partial charge is 0.492 e. The maximum absolute atomic E-state index is 10.9. The molecule has 0 aliphatic rings. The number of aliphatic carboxylic acids is 1. The standard InChI is InChI=1S/C16H19Cl2NO5/c1-2-12(19(22)23)10-11-7-8-13(16(18)15(11)17)24-9-5-3-4-6-14(20)21/h7-8,10H,2-6,9H2,1H3,(H,20,21)/b12-10-. The highest BCUT2D eigenvalue weighted by Gasteiger charge is 2.14. The van der Waals surface area contributed by atoms with Gasteiger partial charge in [-0.25, -0.2) is 0 Å². The zero-order valence-corrected chi connectivity index (χ0v) is 14.8. The Morgan fingerprint density at radius 2 is 2.00 bits per heavy atom. The molecule has 0 radical (unpaired) electrons. The number of carboxylic acid groups (broad SMARTS) is 1. The number of unbranched alkanes of at least 4 members (excludes halogenated alkanes) is 2. The number of ether oxygens (including phenoxy) is 1. The zero-order valence-electron chi connectivity index (χ0n) is 13.3. The van der Waals surface area contributed by atoms with Gasteiger partial charge in [0, 0.05) is 24.5 Å². The van der Waals surface area contributed by atoms with Crippen LogP contribution in [0.1, 0.15) is 44.6 Å². The van der Waals surface area contributed by atoms with Crippen LogP contribution in [-0.4, -0.2) is 22.6 Å². The van der Waals surface area contributed by atoms with Gasteiger partial charge in [0.1, 0.15) is 10.8 Å². The molecule has 132 valence electrons. The van der Waals surface area contributed by atoms with Crippen LogP contribution in [0.2, 0.25) is 10.0 Å². The highest BCUT2D eigenvalue weighted by molar-refractivity contribution is 6.43. The van der Waals surface area contributed by atoms with E-state index in [-0.39, 0.29) is 28.6 Å². The number of carbonyl (C=O) groups is 1. The molecule has 0 atom stereocenters. The minimum atomic E-state index is -0.810. The van der Waals surface area contributed by atoms with Gasteiger partial charge >= 0.3 is 5.97 Å². The van der Waals surface area contributed by atoms with Gasteiger partial charge in [-0.05, 0) is 31.4 Å². The molecule has 0 heterocycles. The van der Waals surface area contributed by atoms with Gasteiger partial charge in [0.15, 0.2) is 0 Å². The van der Waals surface area contributed by atoms with E-state index in [2.05, 4.69) is 0 Å². The van der Waals surface area contributed by atoms with Gasteiger partial charge in [-0.2, -0.15) is 0 Å². The first-order valence-electron chi connectivity index (χ1n) is 7.54. The maximum atomic E-state index is 10.9. The number of halogens is 2. The molecule has 1 aromatic carbocycles. The van der Waals surface area contributed by atoms with Crippen molar-refractivity contribution in [2.75, 3.05) is 6.61 Å². The van der Waals surface area contributed by atoms with Gasteiger partial charge in [0.05, 0.1) is 16.6 Å². The molecule has 0 spiro atoms. The molecule has 0 saturated carbocycles. The summed E-state index contributed by atoms with van der Waals surface area (Å²) in [5.41, 5.74) is 0.504. The molecule has 0 unspecified atom stereocenters. The van der Waals surface area contributed by atoms with E-state index in [1.54, 1.807) is 19.1 Å². The van der Waals surface area contributed by atoms with Crippen LogP contribution < -0.4 is 4.74 Å². The van der Waals surface area contributed by atoms with Crippen molar-refractivity contribution in [3.05, 3.63) is 43.6 Å². The molecule has 0 saturated heterocycles. The topological polar surface area (TPSA) is 89.7 Å². The van der Waals surface area contributed by atoms with Crippen molar-refractivity contribution < 1.29 is 19.6 Å². The van der Waals surface area contributed by atoms with Crippen LogP contribution in [0.4, 0.5) is 0 Å². The number of allylic oxidation sites excluding steroid dienone is 1. The summed E-state index contributed by atoms with van der Waals surface area (Å²) in [6.45, 7) is 2.08.